The molecular formula is C15H24N4. The number of aryl methyl sites for hydroxylation is 1. The zero-order chi connectivity index (χ0) is 14.0. The first-order chi connectivity index (χ1) is 9.11. The van der Waals surface area contributed by atoms with Crippen LogP contribution in [0.1, 0.15) is 31.1 Å². The summed E-state index contributed by atoms with van der Waals surface area (Å²) in [5, 5.41) is 7.97. The van der Waals surface area contributed by atoms with E-state index in [4.69, 9.17) is 0 Å². The van der Waals surface area contributed by atoms with Crippen LogP contribution in [0.25, 0.3) is 11.0 Å². The summed E-state index contributed by atoms with van der Waals surface area (Å²) in [6.07, 6.45) is 1.86. The molecule has 2 aromatic heterocycles. The van der Waals surface area contributed by atoms with Gasteiger partial charge in [-0.25, -0.2) is 4.98 Å². The number of hydrogen-bond donors (Lipinski definition) is 2. The van der Waals surface area contributed by atoms with Gasteiger partial charge in [0.05, 0.1) is 0 Å². The second-order valence-corrected chi connectivity index (χ2v) is 5.33. The summed E-state index contributed by atoms with van der Waals surface area (Å²) in [6.45, 7) is 5.35. The van der Waals surface area contributed by atoms with Gasteiger partial charge >= 0.3 is 0 Å². The van der Waals surface area contributed by atoms with Gasteiger partial charge in [-0.3, -0.25) is 0 Å². The molecule has 1 unspecified atom stereocenters. The molecule has 1 atom stereocenters. The van der Waals surface area contributed by atoms with Crippen LogP contribution in [0.3, 0.4) is 0 Å². The van der Waals surface area contributed by atoms with Crippen molar-refractivity contribution in [1.82, 2.24) is 20.2 Å². The summed E-state index contributed by atoms with van der Waals surface area (Å²) >= 11 is 0. The molecule has 104 valence electrons. The Morgan fingerprint density at radius 1 is 1.32 bits per heavy atom. The van der Waals surface area contributed by atoms with Crippen molar-refractivity contribution in [2.24, 2.45) is 13.0 Å². The normalized spacial score (nSPS) is 13.4. The van der Waals surface area contributed by atoms with Crippen LogP contribution in [-0.2, 0) is 13.6 Å². The molecule has 2 heterocycles. The summed E-state index contributed by atoms with van der Waals surface area (Å²) in [7, 11) is 6.11. The maximum absolute atomic E-state index is 4.53. The van der Waals surface area contributed by atoms with Crippen molar-refractivity contribution < 1.29 is 0 Å². The third-order valence-electron chi connectivity index (χ3n) is 3.74. The highest BCUT2D eigenvalue weighted by Crippen LogP contribution is 2.32. The van der Waals surface area contributed by atoms with Crippen LogP contribution in [0, 0.1) is 5.92 Å². The second kappa shape index (κ2) is 5.72. The molecule has 2 N–H and O–H groups in total. The number of hydrogen-bond acceptors (Lipinski definition) is 3. The van der Waals surface area contributed by atoms with Crippen LogP contribution in [0.2, 0.25) is 0 Å². The van der Waals surface area contributed by atoms with E-state index in [1.54, 1.807) is 0 Å². The van der Waals surface area contributed by atoms with Crippen LogP contribution < -0.4 is 10.6 Å². The molecule has 0 radical (unpaired) electrons. The molecule has 0 aliphatic heterocycles. The number of pyridine rings is 1. The minimum atomic E-state index is 0.344. The number of rotatable bonds is 5. The summed E-state index contributed by atoms with van der Waals surface area (Å²) in [5.41, 5.74) is 3.74. The summed E-state index contributed by atoms with van der Waals surface area (Å²) in [5.74, 6) is 0.534. The Morgan fingerprint density at radius 3 is 2.63 bits per heavy atom. The van der Waals surface area contributed by atoms with E-state index in [0.717, 1.165) is 12.2 Å². The Hall–Kier alpha value is -1.39. The standard InChI is InChI=1S/C15H24N4/c1-10(2)14(17-4)13-11-7-6-8-18-15(11)19(5)12(13)9-16-3/h6-8,10,14,16-17H,9H2,1-5H3. The summed E-state index contributed by atoms with van der Waals surface area (Å²) in [6, 6.07) is 4.53. The number of nitrogens with one attached hydrogen (secondary N) is 2. The Bertz CT molecular complexity index is 557. The molecule has 0 aliphatic rings. The zero-order valence-corrected chi connectivity index (χ0v) is 12.5. The van der Waals surface area contributed by atoms with Crippen molar-refractivity contribution >= 4 is 11.0 Å². The van der Waals surface area contributed by atoms with Gasteiger partial charge in [0.2, 0.25) is 0 Å². The highest BCUT2D eigenvalue weighted by molar-refractivity contribution is 5.82. The molecule has 0 aromatic carbocycles. The monoisotopic (exact) mass is 260 g/mol. The number of aromatic nitrogens is 2. The molecule has 0 fully saturated rings. The molecule has 0 bridgehead atoms. The number of fused-ring (bicyclic) bond motifs is 1. The minimum Gasteiger partial charge on any atom is -0.331 e. The molecule has 2 aromatic rings. The lowest BCUT2D eigenvalue weighted by Gasteiger charge is -2.22. The van der Waals surface area contributed by atoms with Gasteiger partial charge in [0.25, 0.3) is 0 Å². The predicted octanol–water partition coefficient (Wildman–Crippen LogP) is 2.21. The van der Waals surface area contributed by atoms with Crippen molar-refractivity contribution in [3.63, 3.8) is 0 Å². The van der Waals surface area contributed by atoms with Gasteiger partial charge in [0.15, 0.2) is 0 Å². The molecule has 2 rings (SSSR count). The van der Waals surface area contributed by atoms with Crippen LogP contribution in [0.15, 0.2) is 18.3 Å². The predicted molar refractivity (Wildman–Crippen MR) is 80.1 cm³/mol. The van der Waals surface area contributed by atoms with E-state index in [9.17, 15) is 0 Å². The minimum absolute atomic E-state index is 0.344. The van der Waals surface area contributed by atoms with Crippen molar-refractivity contribution in [3.05, 3.63) is 29.6 Å². The van der Waals surface area contributed by atoms with Gasteiger partial charge in [-0.15, -0.1) is 0 Å². The lowest BCUT2D eigenvalue weighted by molar-refractivity contribution is 0.440. The van der Waals surface area contributed by atoms with Crippen molar-refractivity contribution in [2.75, 3.05) is 14.1 Å². The van der Waals surface area contributed by atoms with E-state index >= 15 is 0 Å². The molecule has 0 saturated carbocycles. The first kappa shape index (κ1) is 14.0. The smallest absolute Gasteiger partial charge is 0.140 e. The number of nitrogens with zero attached hydrogens (tertiary/aromatic N) is 2. The molecule has 4 heteroatoms. The van der Waals surface area contributed by atoms with Crippen molar-refractivity contribution in [2.45, 2.75) is 26.4 Å². The van der Waals surface area contributed by atoms with Crippen molar-refractivity contribution in [3.8, 4) is 0 Å². The SMILES string of the molecule is CNCc1c(C(NC)C(C)C)c2cccnc2n1C. The summed E-state index contributed by atoms with van der Waals surface area (Å²) < 4.78 is 2.20. The molecular weight excluding hydrogens is 236 g/mol. The largest absolute Gasteiger partial charge is 0.331 e. The average molecular weight is 260 g/mol. The Kier molecular flexibility index (Phi) is 4.22. The van der Waals surface area contributed by atoms with E-state index in [2.05, 4.69) is 47.1 Å². The fourth-order valence-electron chi connectivity index (χ4n) is 2.88. The third-order valence-corrected chi connectivity index (χ3v) is 3.74. The third kappa shape index (κ3) is 2.38. The van der Waals surface area contributed by atoms with Gasteiger partial charge in [0.1, 0.15) is 5.65 Å². The Morgan fingerprint density at radius 2 is 2.05 bits per heavy atom. The molecule has 0 amide bonds. The quantitative estimate of drug-likeness (QED) is 0.866. The molecule has 4 nitrogen and oxygen atoms in total. The maximum Gasteiger partial charge on any atom is 0.140 e. The highest BCUT2D eigenvalue weighted by atomic mass is 15.1. The van der Waals surface area contributed by atoms with Gasteiger partial charge in [-0.2, -0.15) is 0 Å². The zero-order valence-electron chi connectivity index (χ0n) is 12.5. The van der Waals surface area contributed by atoms with Crippen LogP contribution in [0.4, 0.5) is 0 Å². The van der Waals surface area contributed by atoms with Crippen LogP contribution in [0.5, 0.6) is 0 Å². The Balaban J connectivity index is 2.71. The Labute approximate surface area is 115 Å². The molecule has 19 heavy (non-hydrogen) atoms. The van der Waals surface area contributed by atoms with E-state index in [1.807, 2.05) is 26.4 Å². The molecule has 0 spiro atoms. The van der Waals surface area contributed by atoms with E-state index < -0.39 is 0 Å². The van der Waals surface area contributed by atoms with E-state index in [-0.39, 0.29) is 0 Å². The lowest BCUT2D eigenvalue weighted by Crippen LogP contribution is -2.24. The second-order valence-electron chi connectivity index (χ2n) is 5.33. The fraction of sp³-hybridized carbons (Fsp3) is 0.533. The van der Waals surface area contributed by atoms with E-state index in [1.165, 1.54) is 16.6 Å². The van der Waals surface area contributed by atoms with Gasteiger partial charge in [-0.1, -0.05) is 13.8 Å². The van der Waals surface area contributed by atoms with Crippen LogP contribution >= 0.6 is 0 Å². The van der Waals surface area contributed by atoms with Crippen LogP contribution in [-0.4, -0.2) is 23.6 Å². The van der Waals surface area contributed by atoms with Gasteiger partial charge < -0.3 is 15.2 Å². The topological polar surface area (TPSA) is 41.9 Å². The highest BCUT2D eigenvalue weighted by Gasteiger charge is 2.23. The van der Waals surface area contributed by atoms with Gasteiger partial charge in [-0.05, 0) is 32.1 Å². The lowest BCUT2D eigenvalue weighted by atomic mass is 9.94. The van der Waals surface area contributed by atoms with Gasteiger partial charge in [0, 0.05) is 42.5 Å². The molecule has 0 saturated heterocycles. The van der Waals surface area contributed by atoms with Crippen molar-refractivity contribution in [1.29, 1.82) is 0 Å². The fourth-order valence-corrected chi connectivity index (χ4v) is 2.88. The van der Waals surface area contributed by atoms with E-state index in [0.29, 0.717) is 12.0 Å². The molecule has 0 aliphatic carbocycles. The maximum atomic E-state index is 4.53. The summed E-state index contributed by atoms with van der Waals surface area (Å²) in [4.78, 5) is 4.53. The average Bonchev–Trinajstić information content (AvgIpc) is 2.66. The first-order valence-electron chi connectivity index (χ1n) is 6.85. The first-order valence-corrected chi connectivity index (χ1v) is 6.85.